The van der Waals surface area contributed by atoms with Crippen molar-refractivity contribution >= 4 is 27.5 Å². The molecule has 3 nitrogen and oxygen atoms in total. The Labute approximate surface area is 122 Å². The van der Waals surface area contributed by atoms with Gasteiger partial charge in [0.05, 0.1) is 15.6 Å². The highest BCUT2D eigenvalue weighted by atomic mass is 79.9. The van der Waals surface area contributed by atoms with Crippen molar-refractivity contribution in [3.63, 3.8) is 0 Å². The van der Waals surface area contributed by atoms with E-state index < -0.39 is 17.5 Å². The van der Waals surface area contributed by atoms with Gasteiger partial charge in [-0.05, 0) is 46.3 Å². The molecule has 0 aromatic heterocycles. The van der Waals surface area contributed by atoms with Crippen LogP contribution in [0.2, 0.25) is 0 Å². The molecule has 0 heterocycles. The van der Waals surface area contributed by atoms with Crippen molar-refractivity contribution in [2.24, 2.45) is 0 Å². The number of nitriles is 1. The Bertz CT molecular complexity index is 726. The van der Waals surface area contributed by atoms with E-state index in [2.05, 4.69) is 21.2 Å². The van der Waals surface area contributed by atoms with Crippen LogP contribution in [0.15, 0.2) is 40.9 Å². The fourth-order valence-corrected chi connectivity index (χ4v) is 2.01. The maximum atomic E-state index is 13.3. The van der Waals surface area contributed by atoms with E-state index in [4.69, 9.17) is 5.26 Å². The van der Waals surface area contributed by atoms with Gasteiger partial charge in [-0.25, -0.2) is 8.78 Å². The van der Waals surface area contributed by atoms with E-state index in [0.29, 0.717) is 0 Å². The van der Waals surface area contributed by atoms with Crippen LogP contribution in [0.1, 0.15) is 15.9 Å². The van der Waals surface area contributed by atoms with E-state index in [1.807, 2.05) is 0 Å². The second kappa shape index (κ2) is 5.80. The first kappa shape index (κ1) is 14.2. The Morgan fingerprint density at radius 1 is 1.20 bits per heavy atom. The molecule has 0 aliphatic carbocycles. The highest BCUT2D eigenvalue weighted by Crippen LogP contribution is 2.22. The number of hydrogen-bond donors (Lipinski definition) is 1. The molecule has 0 fully saturated rings. The average molecular weight is 337 g/mol. The highest BCUT2D eigenvalue weighted by Gasteiger charge is 2.13. The number of rotatable bonds is 2. The summed E-state index contributed by atoms with van der Waals surface area (Å²) in [6, 6.07) is 9.34. The number of amides is 1. The van der Waals surface area contributed by atoms with Gasteiger partial charge in [-0.3, -0.25) is 4.79 Å². The van der Waals surface area contributed by atoms with Gasteiger partial charge in [-0.1, -0.05) is 6.07 Å². The summed E-state index contributed by atoms with van der Waals surface area (Å²) >= 11 is 2.99. The van der Waals surface area contributed by atoms with Gasteiger partial charge in [-0.2, -0.15) is 5.26 Å². The summed E-state index contributed by atoms with van der Waals surface area (Å²) < 4.78 is 26.5. The fraction of sp³-hybridized carbons (Fsp3) is 0. The van der Waals surface area contributed by atoms with Crippen molar-refractivity contribution in [3.05, 3.63) is 63.6 Å². The third-order valence-corrected chi connectivity index (χ3v) is 3.35. The summed E-state index contributed by atoms with van der Waals surface area (Å²) in [6.07, 6.45) is 0. The van der Waals surface area contributed by atoms with Crippen molar-refractivity contribution in [1.82, 2.24) is 0 Å². The van der Waals surface area contributed by atoms with E-state index in [9.17, 15) is 13.6 Å². The van der Waals surface area contributed by atoms with E-state index in [0.717, 1.165) is 6.07 Å². The van der Waals surface area contributed by atoms with Crippen LogP contribution in [0.25, 0.3) is 0 Å². The van der Waals surface area contributed by atoms with Gasteiger partial charge in [0, 0.05) is 5.69 Å². The van der Waals surface area contributed by atoms with Crippen LogP contribution in [0.4, 0.5) is 14.5 Å². The van der Waals surface area contributed by atoms with E-state index in [-0.39, 0.29) is 21.3 Å². The molecule has 0 spiro atoms. The monoisotopic (exact) mass is 336 g/mol. The number of nitrogens with one attached hydrogen (secondary N) is 1. The molecule has 2 aromatic carbocycles. The lowest BCUT2D eigenvalue weighted by Gasteiger charge is -2.07. The number of carbonyl (C=O) groups is 1. The average Bonchev–Trinajstić information content (AvgIpc) is 2.43. The second-order valence-corrected chi connectivity index (χ2v) is 4.65. The third-order valence-electron chi connectivity index (χ3n) is 2.54. The molecule has 0 aliphatic rings. The topological polar surface area (TPSA) is 52.9 Å². The fourth-order valence-electron chi connectivity index (χ4n) is 1.57. The maximum absolute atomic E-state index is 13.3. The van der Waals surface area contributed by atoms with E-state index in [1.54, 1.807) is 6.07 Å². The van der Waals surface area contributed by atoms with E-state index in [1.165, 1.54) is 30.3 Å². The summed E-state index contributed by atoms with van der Waals surface area (Å²) in [7, 11) is 0. The largest absolute Gasteiger partial charge is 0.322 e. The van der Waals surface area contributed by atoms with Gasteiger partial charge < -0.3 is 5.32 Å². The molecule has 1 amide bonds. The molecule has 0 saturated carbocycles. The smallest absolute Gasteiger partial charge is 0.256 e. The second-order valence-electron chi connectivity index (χ2n) is 3.86. The van der Waals surface area contributed by atoms with Gasteiger partial charge in [0.25, 0.3) is 5.91 Å². The van der Waals surface area contributed by atoms with Crippen LogP contribution in [0.5, 0.6) is 0 Å². The van der Waals surface area contributed by atoms with Gasteiger partial charge in [0.15, 0.2) is 0 Å². The Morgan fingerprint density at radius 2 is 1.95 bits per heavy atom. The number of anilines is 1. The molecule has 100 valence electrons. The Kier molecular flexibility index (Phi) is 4.11. The molecule has 20 heavy (non-hydrogen) atoms. The molecule has 2 rings (SSSR count). The summed E-state index contributed by atoms with van der Waals surface area (Å²) in [4.78, 5) is 12.0. The quantitative estimate of drug-likeness (QED) is 0.905. The van der Waals surface area contributed by atoms with Crippen LogP contribution in [0.3, 0.4) is 0 Å². The van der Waals surface area contributed by atoms with Crippen LogP contribution in [-0.4, -0.2) is 5.91 Å². The van der Waals surface area contributed by atoms with Crippen LogP contribution < -0.4 is 5.32 Å². The predicted octanol–water partition coefficient (Wildman–Crippen LogP) is 3.85. The minimum absolute atomic E-state index is 0.0418. The SMILES string of the molecule is N#Cc1cc(NC(=O)c2cccc(F)c2Br)ccc1F. The predicted molar refractivity (Wildman–Crippen MR) is 73.2 cm³/mol. The molecule has 2 aromatic rings. The molecule has 0 radical (unpaired) electrons. The summed E-state index contributed by atoms with van der Waals surface area (Å²) in [6.45, 7) is 0. The third kappa shape index (κ3) is 2.83. The Morgan fingerprint density at radius 3 is 2.65 bits per heavy atom. The Balaban J connectivity index is 2.29. The number of hydrogen-bond acceptors (Lipinski definition) is 2. The van der Waals surface area contributed by atoms with Crippen LogP contribution >= 0.6 is 15.9 Å². The van der Waals surface area contributed by atoms with Gasteiger partial charge in [-0.15, -0.1) is 0 Å². The lowest BCUT2D eigenvalue weighted by Crippen LogP contribution is -2.13. The van der Waals surface area contributed by atoms with Gasteiger partial charge in [0.2, 0.25) is 0 Å². The standard InChI is InChI=1S/C14H7BrF2N2O/c15-13-10(2-1-3-12(13)17)14(20)19-9-4-5-11(16)8(6-9)7-18/h1-6H,(H,19,20). The zero-order valence-electron chi connectivity index (χ0n) is 9.95. The van der Waals surface area contributed by atoms with Crippen molar-refractivity contribution < 1.29 is 13.6 Å². The number of nitrogens with zero attached hydrogens (tertiary/aromatic N) is 1. The molecule has 0 unspecified atom stereocenters. The molecule has 6 heteroatoms. The van der Waals surface area contributed by atoms with Crippen molar-refractivity contribution in [2.75, 3.05) is 5.32 Å². The molecule has 0 saturated heterocycles. The first-order valence-corrected chi connectivity index (χ1v) is 6.27. The normalized spacial score (nSPS) is 9.90. The zero-order valence-corrected chi connectivity index (χ0v) is 11.5. The van der Waals surface area contributed by atoms with Crippen LogP contribution in [-0.2, 0) is 0 Å². The minimum Gasteiger partial charge on any atom is -0.322 e. The lowest BCUT2D eigenvalue weighted by molar-refractivity contribution is 0.102. The molecule has 0 aliphatic heterocycles. The highest BCUT2D eigenvalue weighted by molar-refractivity contribution is 9.10. The molecule has 0 atom stereocenters. The summed E-state index contributed by atoms with van der Waals surface area (Å²) in [5.74, 6) is -1.79. The van der Waals surface area contributed by atoms with E-state index >= 15 is 0 Å². The number of carbonyl (C=O) groups excluding carboxylic acids is 1. The molecular weight excluding hydrogens is 330 g/mol. The lowest BCUT2D eigenvalue weighted by atomic mass is 10.1. The number of halogens is 3. The Hall–Kier alpha value is -2.26. The van der Waals surface area contributed by atoms with Crippen molar-refractivity contribution in [1.29, 1.82) is 5.26 Å². The minimum atomic E-state index is -0.669. The maximum Gasteiger partial charge on any atom is 0.256 e. The zero-order chi connectivity index (χ0) is 14.7. The number of benzene rings is 2. The van der Waals surface area contributed by atoms with Crippen LogP contribution in [0, 0.1) is 23.0 Å². The van der Waals surface area contributed by atoms with Gasteiger partial charge in [0.1, 0.15) is 17.7 Å². The van der Waals surface area contributed by atoms with Gasteiger partial charge >= 0.3 is 0 Å². The van der Waals surface area contributed by atoms with Crippen molar-refractivity contribution in [3.8, 4) is 6.07 Å². The first-order valence-electron chi connectivity index (χ1n) is 5.48. The first-order chi connectivity index (χ1) is 9.52. The van der Waals surface area contributed by atoms with Crippen molar-refractivity contribution in [2.45, 2.75) is 0 Å². The molecule has 0 bridgehead atoms. The summed E-state index contributed by atoms with van der Waals surface area (Å²) in [5.41, 5.74) is 0.179. The molecular formula is C14H7BrF2N2O. The summed E-state index contributed by atoms with van der Waals surface area (Å²) in [5, 5.41) is 11.2. The molecule has 1 N–H and O–H groups in total.